The van der Waals surface area contributed by atoms with E-state index in [1.807, 2.05) is 40.9 Å². The highest BCUT2D eigenvalue weighted by molar-refractivity contribution is 5.45. The third kappa shape index (κ3) is 4.47. The Bertz CT molecular complexity index is 433. The van der Waals surface area contributed by atoms with Crippen LogP contribution in [0.5, 0.6) is 5.75 Å². The molecule has 3 N–H and O–H groups in total. The second-order valence-corrected chi connectivity index (χ2v) is 5.63. The second kappa shape index (κ2) is 7.62. The minimum Gasteiger partial charge on any atom is -0.493 e. The average molecular weight is 280 g/mol. The molecule has 0 aliphatic rings. The molecule has 2 atom stereocenters. The predicted molar refractivity (Wildman–Crippen MR) is 83.2 cm³/mol. The van der Waals surface area contributed by atoms with Crippen LogP contribution in [0.1, 0.15) is 36.1 Å². The highest BCUT2D eigenvalue weighted by Crippen LogP contribution is 2.32. The van der Waals surface area contributed by atoms with Gasteiger partial charge in [0.15, 0.2) is 0 Å². The molecule has 0 fully saturated rings. The number of hydrogen-bond acceptors (Lipinski definition) is 4. The molecule has 0 saturated heterocycles. The topological polar surface area (TPSA) is 58.7 Å². The number of aryl methyl sites for hydroxylation is 2. The van der Waals surface area contributed by atoms with E-state index >= 15 is 0 Å². The maximum Gasteiger partial charge on any atom is 0.128 e. The van der Waals surface area contributed by atoms with Crippen LogP contribution in [0.4, 0.5) is 0 Å². The number of hydrogen-bond donors (Lipinski definition) is 2. The summed E-state index contributed by atoms with van der Waals surface area (Å²) in [6.45, 7) is 7.40. The largest absolute Gasteiger partial charge is 0.493 e. The molecule has 0 saturated carbocycles. The minimum atomic E-state index is -0.699. The molecule has 0 bridgehead atoms. The van der Waals surface area contributed by atoms with Crippen LogP contribution in [0.15, 0.2) is 12.1 Å². The van der Waals surface area contributed by atoms with Crippen molar-refractivity contribution in [3.05, 3.63) is 28.8 Å². The van der Waals surface area contributed by atoms with Crippen molar-refractivity contribution in [1.29, 1.82) is 0 Å². The lowest BCUT2D eigenvalue weighted by molar-refractivity contribution is 0.133. The van der Waals surface area contributed by atoms with Gasteiger partial charge >= 0.3 is 0 Å². The van der Waals surface area contributed by atoms with Crippen molar-refractivity contribution < 1.29 is 9.84 Å². The molecule has 1 aromatic rings. The van der Waals surface area contributed by atoms with E-state index in [4.69, 9.17) is 10.5 Å². The van der Waals surface area contributed by atoms with Crippen LogP contribution >= 0.6 is 0 Å². The molecule has 0 aliphatic carbocycles. The van der Waals surface area contributed by atoms with Gasteiger partial charge in [0, 0.05) is 11.6 Å². The normalized spacial score (nSPS) is 14.4. The number of nitrogens with zero attached hydrogens (tertiary/aromatic N) is 1. The molecule has 20 heavy (non-hydrogen) atoms. The molecule has 0 radical (unpaired) electrons. The summed E-state index contributed by atoms with van der Waals surface area (Å²) in [7, 11) is 4.00. The lowest BCUT2D eigenvalue weighted by Crippen LogP contribution is -2.32. The molecule has 0 amide bonds. The molecule has 1 aromatic carbocycles. The molecule has 0 aliphatic heterocycles. The molecular weight excluding hydrogens is 252 g/mol. The molecule has 0 heterocycles. The Hall–Kier alpha value is -1.10. The first-order valence-corrected chi connectivity index (χ1v) is 7.19. The van der Waals surface area contributed by atoms with Crippen molar-refractivity contribution >= 4 is 0 Å². The number of nitrogens with two attached hydrogens (primary N) is 1. The summed E-state index contributed by atoms with van der Waals surface area (Å²) >= 11 is 0. The van der Waals surface area contributed by atoms with Crippen molar-refractivity contribution in [2.45, 2.75) is 39.3 Å². The van der Waals surface area contributed by atoms with Gasteiger partial charge in [0.2, 0.25) is 0 Å². The van der Waals surface area contributed by atoms with E-state index in [1.165, 1.54) is 0 Å². The van der Waals surface area contributed by atoms with Gasteiger partial charge < -0.3 is 20.5 Å². The number of aliphatic hydroxyl groups is 1. The van der Waals surface area contributed by atoms with Gasteiger partial charge in [-0.3, -0.25) is 0 Å². The Morgan fingerprint density at radius 1 is 1.30 bits per heavy atom. The molecule has 4 nitrogen and oxygen atoms in total. The van der Waals surface area contributed by atoms with Gasteiger partial charge in [-0.2, -0.15) is 0 Å². The van der Waals surface area contributed by atoms with Gasteiger partial charge in [-0.05, 0) is 59.5 Å². The molecule has 2 unspecified atom stereocenters. The van der Waals surface area contributed by atoms with E-state index in [1.54, 1.807) is 0 Å². The summed E-state index contributed by atoms with van der Waals surface area (Å²) in [6.07, 6.45) is 0.0438. The summed E-state index contributed by atoms with van der Waals surface area (Å²) in [5.41, 5.74) is 9.09. The first kappa shape index (κ1) is 17.0. The Morgan fingerprint density at radius 2 is 1.95 bits per heavy atom. The van der Waals surface area contributed by atoms with Crippen molar-refractivity contribution in [3.8, 4) is 5.75 Å². The van der Waals surface area contributed by atoms with E-state index in [0.717, 1.165) is 35.4 Å². The van der Waals surface area contributed by atoms with E-state index in [0.29, 0.717) is 6.61 Å². The maximum absolute atomic E-state index is 10.5. The minimum absolute atomic E-state index is 0.294. The zero-order chi connectivity index (χ0) is 15.3. The zero-order valence-electron chi connectivity index (χ0n) is 13.3. The van der Waals surface area contributed by atoms with Crippen LogP contribution in [-0.2, 0) is 0 Å². The van der Waals surface area contributed by atoms with Crippen LogP contribution in [0.3, 0.4) is 0 Å². The Kier molecular flexibility index (Phi) is 6.46. The Labute approximate surface area is 122 Å². The van der Waals surface area contributed by atoms with Crippen molar-refractivity contribution in [1.82, 2.24) is 4.90 Å². The van der Waals surface area contributed by atoms with Crippen molar-refractivity contribution in [2.75, 3.05) is 27.2 Å². The van der Waals surface area contributed by atoms with Crippen LogP contribution in [-0.4, -0.2) is 43.3 Å². The third-order valence-corrected chi connectivity index (χ3v) is 3.37. The lowest BCUT2D eigenvalue weighted by Gasteiger charge is -2.24. The quantitative estimate of drug-likeness (QED) is 0.802. The van der Waals surface area contributed by atoms with E-state index in [-0.39, 0.29) is 6.04 Å². The SMILES string of the molecule is CCOc1c(C)cc(C)cc1C(O)C(N)CCN(C)C. The average Bonchev–Trinajstić information content (AvgIpc) is 2.38. The van der Waals surface area contributed by atoms with Gasteiger partial charge in [0.1, 0.15) is 5.75 Å². The van der Waals surface area contributed by atoms with Crippen LogP contribution < -0.4 is 10.5 Å². The zero-order valence-corrected chi connectivity index (χ0v) is 13.3. The summed E-state index contributed by atoms with van der Waals surface area (Å²) in [5, 5.41) is 10.5. The summed E-state index contributed by atoms with van der Waals surface area (Å²) in [6, 6.07) is 3.74. The molecular formula is C16H28N2O2. The molecule has 114 valence electrons. The van der Waals surface area contributed by atoms with Gasteiger partial charge in [-0.25, -0.2) is 0 Å². The number of ether oxygens (including phenoxy) is 1. The van der Waals surface area contributed by atoms with E-state index in [2.05, 4.69) is 11.0 Å². The van der Waals surface area contributed by atoms with Gasteiger partial charge in [-0.1, -0.05) is 11.6 Å². The fourth-order valence-corrected chi connectivity index (χ4v) is 2.34. The first-order chi connectivity index (χ1) is 9.36. The molecule has 0 aromatic heterocycles. The third-order valence-electron chi connectivity index (χ3n) is 3.37. The van der Waals surface area contributed by atoms with Crippen LogP contribution in [0.2, 0.25) is 0 Å². The van der Waals surface area contributed by atoms with Gasteiger partial charge in [0.25, 0.3) is 0 Å². The summed E-state index contributed by atoms with van der Waals surface area (Å²) < 4.78 is 5.69. The van der Waals surface area contributed by atoms with E-state index < -0.39 is 6.10 Å². The highest BCUT2D eigenvalue weighted by atomic mass is 16.5. The second-order valence-electron chi connectivity index (χ2n) is 5.63. The fraction of sp³-hybridized carbons (Fsp3) is 0.625. The fourth-order valence-electron chi connectivity index (χ4n) is 2.34. The number of benzene rings is 1. The van der Waals surface area contributed by atoms with Crippen LogP contribution in [0, 0.1) is 13.8 Å². The highest BCUT2D eigenvalue weighted by Gasteiger charge is 2.22. The van der Waals surface area contributed by atoms with E-state index in [9.17, 15) is 5.11 Å². The molecule has 1 rings (SSSR count). The van der Waals surface area contributed by atoms with Gasteiger partial charge in [-0.15, -0.1) is 0 Å². The first-order valence-electron chi connectivity index (χ1n) is 7.19. The monoisotopic (exact) mass is 280 g/mol. The summed E-state index contributed by atoms with van der Waals surface area (Å²) in [4.78, 5) is 2.07. The Balaban J connectivity index is 2.98. The Morgan fingerprint density at radius 3 is 2.50 bits per heavy atom. The van der Waals surface area contributed by atoms with Crippen LogP contribution in [0.25, 0.3) is 0 Å². The molecule has 4 heteroatoms. The summed E-state index contributed by atoms with van der Waals surface area (Å²) in [5.74, 6) is 0.769. The smallest absolute Gasteiger partial charge is 0.128 e. The van der Waals surface area contributed by atoms with Crippen molar-refractivity contribution in [3.63, 3.8) is 0 Å². The maximum atomic E-state index is 10.5. The van der Waals surface area contributed by atoms with Gasteiger partial charge in [0.05, 0.1) is 12.7 Å². The number of aliphatic hydroxyl groups excluding tert-OH is 1. The van der Waals surface area contributed by atoms with Crippen molar-refractivity contribution in [2.24, 2.45) is 5.73 Å². The molecule has 0 spiro atoms. The predicted octanol–water partition coefficient (Wildman–Crippen LogP) is 2.01. The standard InChI is InChI=1S/C16H28N2O2/c1-6-20-16-12(3)9-11(2)10-13(16)15(19)14(17)7-8-18(4)5/h9-10,14-15,19H,6-8,17H2,1-5H3. The lowest BCUT2D eigenvalue weighted by atomic mass is 9.95. The number of rotatable bonds is 7.